The van der Waals surface area contributed by atoms with E-state index in [1.165, 1.54) is 17.0 Å². The van der Waals surface area contributed by atoms with E-state index >= 15 is 0 Å². The summed E-state index contributed by atoms with van der Waals surface area (Å²) in [4.78, 5) is 27.3. The van der Waals surface area contributed by atoms with Crippen molar-refractivity contribution in [2.24, 2.45) is 0 Å². The number of carbonyl (C=O) groups excluding carboxylic acids is 2. The molecule has 0 aliphatic heterocycles. The van der Waals surface area contributed by atoms with Gasteiger partial charge in [-0.15, -0.1) is 0 Å². The third kappa shape index (κ3) is 7.25. The van der Waals surface area contributed by atoms with E-state index in [0.29, 0.717) is 10.7 Å². The highest BCUT2D eigenvalue weighted by Crippen LogP contribution is 2.21. The molecule has 0 bridgehead atoms. The minimum atomic E-state index is -3.76. The number of halogens is 1. The van der Waals surface area contributed by atoms with Gasteiger partial charge in [0.1, 0.15) is 12.6 Å². The molecule has 0 aliphatic carbocycles. The van der Waals surface area contributed by atoms with Gasteiger partial charge in [0.25, 0.3) is 0 Å². The number of benzene rings is 2. The average molecular weight is 466 g/mol. The molecule has 0 unspecified atom stereocenters. The second-order valence-electron chi connectivity index (χ2n) is 7.59. The molecule has 2 rings (SSSR count). The van der Waals surface area contributed by atoms with Crippen molar-refractivity contribution >= 4 is 39.1 Å². The van der Waals surface area contributed by atoms with Crippen LogP contribution in [0, 0.1) is 0 Å². The van der Waals surface area contributed by atoms with Crippen LogP contribution in [0.5, 0.6) is 0 Å². The van der Waals surface area contributed by atoms with E-state index in [0.717, 1.165) is 16.1 Å². The summed E-state index contributed by atoms with van der Waals surface area (Å²) in [5.41, 5.74) is 1.15. The highest BCUT2D eigenvalue weighted by molar-refractivity contribution is 7.92. The molecule has 2 amide bonds. The van der Waals surface area contributed by atoms with Gasteiger partial charge in [-0.1, -0.05) is 41.9 Å². The minimum Gasteiger partial charge on any atom is -0.352 e. The molecule has 0 saturated carbocycles. The molecule has 0 heterocycles. The van der Waals surface area contributed by atoms with Crippen LogP contribution >= 0.6 is 11.6 Å². The van der Waals surface area contributed by atoms with Crippen LogP contribution in [0.4, 0.5) is 5.69 Å². The van der Waals surface area contributed by atoms with Crippen LogP contribution < -0.4 is 9.62 Å². The van der Waals surface area contributed by atoms with Gasteiger partial charge in [-0.2, -0.15) is 0 Å². The third-order valence-electron chi connectivity index (χ3n) is 4.59. The van der Waals surface area contributed by atoms with Crippen molar-refractivity contribution in [3.8, 4) is 0 Å². The predicted octanol–water partition coefficient (Wildman–Crippen LogP) is 3.05. The summed E-state index contributed by atoms with van der Waals surface area (Å²) < 4.78 is 25.9. The van der Waals surface area contributed by atoms with Gasteiger partial charge in [0, 0.05) is 17.6 Å². The van der Waals surface area contributed by atoms with Crippen molar-refractivity contribution < 1.29 is 18.0 Å². The Morgan fingerprint density at radius 3 is 2.10 bits per heavy atom. The highest BCUT2D eigenvalue weighted by Gasteiger charge is 2.30. The molecule has 1 N–H and O–H groups in total. The molecule has 9 heteroatoms. The van der Waals surface area contributed by atoms with Gasteiger partial charge in [0.15, 0.2) is 0 Å². The van der Waals surface area contributed by atoms with Crippen LogP contribution in [0.2, 0.25) is 5.02 Å². The molecule has 2 aromatic carbocycles. The van der Waals surface area contributed by atoms with Gasteiger partial charge in [0.2, 0.25) is 21.8 Å². The third-order valence-corrected chi connectivity index (χ3v) is 5.98. The lowest BCUT2D eigenvalue weighted by Crippen LogP contribution is -2.52. The molecule has 2 aromatic rings. The molecule has 0 radical (unpaired) electrons. The molecule has 0 aliphatic rings. The number of rotatable bonds is 9. The van der Waals surface area contributed by atoms with E-state index in [2.05, 4.69) is 5.32 Å². The van der Waals surface area contributed by atoms with E-state index in [4.69, 9.17) is 11.6 Å². The lowest BCUT2D eigenvalue weighted by atomic mass is 10.1. The van der Waals surface area contributed by atoms with Crippen molar-refractivity contribution in [3.05, 3.63) is 65.2 Å². The molecule has 0 aromatic heterocycles. The first kappa shape index (κ1) is 24.7. The Labute approximate surface area is 189 Å². The number of carbonyl (C=O) groups is 2. The quantitative estimate of drug-likeness (QED) is 0.616. The summed E-state index contributed by atoms with van der Waals surface area (Å²) in [5.74, 6) is -0.799. The Hall–Kier alpha value is -2.58. The molecule has 1 atom stereocenters. The first-order chi connectivity index (χ1) is 14.5. The van der Waals surface area contributed by atoms with Gasteiger partial charge in [-0.05, 0) is 50.6 Å². The van der Waals surface area contributed by atoms with Gasteiger partial charge >= 0.3 is 0 Å². The number of amides is 2. The molecular weight excluding hydrogens is 438 g/mol. The summed E-state index contributed by atoms with van der Waals surface area (Å²) in [6.07, 6.45) is 1.03. The fraction of sp³-hybridized carbons (Fsp3) is 0.364. The minimum absolute atomic E-state index is 0.0924. The summed E-state index contributed by atoms with van der Waals surface area (Å²) in [7, 11) is -3.76. The number of hydrogen-bond donors (Lipinski definition) is 1. The zero-order valence-corrected chi connectivity index (χ0v) is 19.7. The van der Waals surface area contributed by atoms with Gasteiger partial charge in [0.05, 0.1) is 11.9 Å². The molecule has 168 valence electrons. The van der Waals surface area contributed by atoms with E-state index in [1.54, 1.807) is 19.1 Å². The maximum atomic E-state index is 13.3. The number of hydrogen-bond acceptors (Lipinski definition) is 4. The fourth-order valence-electron chi connectivity index (χ4n) is 2.99. The van der Waals surface area contributed by atoms with Gasteiger partial charge in [-0.25, -0.2) is 8.42 Å². The Kier molecular flexibility index (Phi) is 8.47. The summed E-state index contributed by atoms with van der Waals surface area (Å²) in [6, 6.07) is 14.5. The van der Waals surface area contributed by atoms with Crippen molar-refractivity contribution in [1.82, 2.24) is 10.2 Å². The van der Waals surface area contributed by atoms with E-state index in [1.807, 2.05) is 44.2 Å². The fourth-order valence-corrected chi connectivity index (χ4v) is 3.96. The maximum absolute atomic E-state index is 13.3. The first-order valence-electron chi connectivity index (χ1n) is 9.86. The normalized spacial score (nSPS) is 12.3. The van der Waals surface area contributed by atoms with Gasteiger partial charge in [-0.3, -0.25) is 13.9 Å². The second-order valence-corrected chi connectivity index (χ2v) is 9.94. The second kappa shape index (κ2) is 10.6. The van der Waals surface area contributed by atoms with Gasteiger partial charge < -0.3 is 10.2 Å². The molecular formula is C22H28ClN3O4S. The van der Waals surface area contributed by atoms with Crippen LogP contribution in [0.1, 0.15) is 26.3 Å². The number of nitrogens with one attached hydrogen (secondary N) is 1. The van der Waals surface area contributed by atoms with Crippen molar-refractivity contribution in [2.75, 3.05) is 17.1 Å². The van der Waals surface area contributed by atoms with Crippen molar-refractivity contribution in [2.45, 2.75) is 39.4 Å². The van der Waals surface area contributed by atoms with E-state index in [9.17, 15) is 18.0 Å². The number of sulfonamides is 1. The Morgan fingerprint density at radius 1 is 1.00 bits per heavy atom. The maximum Gasteiger partial charge on any atom is 0.244 e. The Balaban J connectivity index is 2.35. The zero-order valence-electron chi connectivity index (χ0n) is 18.1. The Bertz CT molecular complexity index is 995. The lowest BCUT2D eigenvalue weighted by Gasteiger charge is -2.31. The molecule has 31 heavy (non-hydrogen) atoms. The van der Waals surface area contributed by atoms with Crippen LogP contribution in [-0.4, -0.2) is 50.0 Å². The number of nitrogens with zero attached hydrogens (tertiary/aromatic N) is 2. The van der Waals surface area contributed by atoms with Crippen LogP contribution in [-0.2, 0) is 26.2 Å². The molecule has 0 saturated heterocycles. The average Bonchev–Trinajstić information content (AvgIpc) is 2.70. The predicted molar refractivity (Wildman–Crippen MR) is 123 cm³/mol. The molecule has 0 spiro atoms. The van der Waals surface area contributed by atoms with Crippen molar-refractivity contribution in [1.29, 1.82) is 0 Å². The smallest absolute Gasteiger partial charge is 0.244 e. The zero-order chi connectivity index (χ0) is 23.2. The summed E-state index contributed by atoms with van der Waals surface area (Å²) in [6.45, 7) is 5.03. The largest absolute Gasteiger partial charge is 0.352 e. The monoisotopic (exact) mass is 465 g/mol. The standard InChI is InChI=1S/C22H28ClN3O4S/c1-16(2)24-22(28)17(3)25(14-18-8-6-5-7-9-18)21(27)15-26(31(4,29)30)20-12-10-19(23)11-13-20/h5-13,16-17H,14-15H2,1-4H3,(H,24,28)/t17-/m1/s1. The summed E-state index contributed by atoms with van der Waals surface area (Å²) in [5, 5.41) is 3.26. The topological polar surface area (TPSA) is 86.8 Å². The summed E-state index contributed by atoms with van der Waals surface area (Å²) >= 11 is 5.91. The van der Waals surface area contributed by atoms with E-state index < -0.39 is 28.5 Å². The van der Waals surface area contributed by atoms with Crippen LogP contribution in [0.3, 0.4) is 0 Å². The number of anilines is 1. The first-order valence-corrected chi connectivity index (χ1v) is 12.1. The van der Waals surface area contributed by atoms with E-state index in [-0.39, 0.29) is 18.5 Å². The van der Waals surface area contributed by atoms with Crippen molar-refractivity contribution in [3.63, 3.8) is 0 Å². The highest BCUT2D eigenvalue weighted by atomic mass is 35.5. The van der Waals surface area contributed by atoms with Crippen LogP contribution in [0.15, 0.2) is 54.6 Å². The Morgan fingerprint density at radius 2 is 1.58 bits per heavy atom. The SMILES string of the molecule is CC(C)NC(=O)[C@@H](C)N(Cc1ccccc1)C(=O)CN(c1ccc(Cl)cc1)S(C)(=O)=O. The molecule has 0 fully saturated rings. The van der Waals surface area contributed by atoms with Crippen LogP contribution in [0.25, 0.3) is 0 Å². The molecule has 7 nitrogen and oxygen atoms in total. The lowest BCUT2D eigenvalue weighted by molar-refractivity contribution is -0.139.